The third-order valence-corrected chi connectivity index (χ3v) is 4.86. The molecule has 1 fully saturated rings. The molecular formula is C19H29N5O. The van der Waals surface area contributed by atoms with Crippen molar-refractivity contribution in [2.24, 2.45) is 5.41 Å². The van der Waals surface area contributed by atoms with Gasteiger partial charge >= 0.3 is 0 Å². The van der Waals surface area contributed by atoms with Crippen LogP contribution in [0.25, 0.3) is 0 Å². The summed E-state index contributed by atoms with van der Waals surface area (Å²) in [6.07, 6.45) is 2.33. The van der Waals surface area contributed by atoms with E-state index in [-0.39, 0.29) is 5.41 Å². The van der Waals surface area contributed by atoms with E-state index in [2.05, 4.69) is 76.4 Å². The smallest absolute Gasteiger partial charge is 0.124 e. The van der Waals surface area contributed by atoms with Gasteiger partial charge in [0, 0.05) is 32.7 Å². The van der Waals surface area contributed by atoms with Gasteiger partial charge in [-0.25, -0.2) is 0 Å². The van der Waals surface area contributed by atoms with Crippen LogP contribution in [0.1, 0.15) is 31.5 Å². The Kier molecular flexibility index (Phi) is 5.22. The van der Waals surface area contributed by atoms with Crippen molar-refractivity contribution >= 4 is 0 Å². The Labute approximate surface area is 149 Å². The molecule has 0 radical (unpaired) electrons. The number of β-amino-alcohol motifs (C(OH)–C–C–N with tert-alkyl or cyclic N) is 1. The number of rotatable bonds is 7. The molecule has 0 bridgehead atoms. The molecule has 2 heterocycles. The minimum Gasteiger partial charge on any atom is -0.382 e. The molecular weight excluding hydrogens is 314 g/mol. The highest BCUT2D eigenvalue weighted by atomic mass is 16.3. The van der Waals surface area contributed by atoms with Crippen LogP contribution in [-0.4, -0.2) is 63.5 Å². The van der Waals surface area contributed by atoms with Gasteiger partial charge in [-0.3, -0.25) is 4.90 Å². The van der Waals surface area contributed by atoms with E-state index in [1.165, 1.54) is 5.56 Å². The molecule has 1 aromatic carbocycles. The first-order valence-corrected chi connectivity index (χ1v) is 8.90. The Bertz CT molecular complexity index is 658. The van der Waals surface area contributed by atoms with Crippen molar-refractivity contribution in [3.8, 4) is 0 Å². The first-order chi connectivity index (χ1) is 11.9. The number of H-pyrrole nitrogens is 1. The van der Waals surface area contributed by atoms with Crippen LogP contribution in [0, 0.1) is 5.41 Å². The largest absolute Gasteiger partial charge is 0.382 e. The van der Waals surface area contributed by atoms with Crippen LogP contribution in [-0.2, 0) is 12.1 Å². The van der Waals surface area contributed by atoms with Crippen molar-refractivity contribution in [1.82, 2.24) is 25.2 Å². The van der Waals surface area contributed by atoms with Crippen molar-refractivity contribution in [3.05, 3.63) is 47.8 Å². The van der Waals surface area contributed by atoms with E-state index in [9.17, 15) is 5.11 Å². The molecule has 25 heavy (non-hydrogen) atoms. The van der Waals surface area contributed by atoms with Crippen LogP contribution in [0.15, 0.2) is 36.5 Å². The summed E-state index contributed by atoms with van der Waals surface area (Å²) in [6, 6.07) is 10.6. The zero-order chi connectivity index (χ0) is 17.9. The van der Waals surface area contributed by atoms with Crippen molar-refractivity contribution in [2.45, 2.75) is 32.4 Å². The van der Waals surface area contributed by atoms with Crippen molar-refractivity contribution in [3.63, 3.8) is 0 Å². The van der Waals surface area contributed by atoms with E-state index in [1.807, 2.05) is 0 Å². The Hall–Kier alpha value is -1.76. The van der Waals surface area contributed by atoms with Gasteiger partial charge in [0.2, 0.25) is 0 Å². The average Bonchev–Trinajstić information content (AvgIpc) is 3.18. The standard InChI is InChI=1S/C19H29N5O/c1-18(2,13-23(3)12-16-7-5-4-6-8-16)14-24-10-9-19(25,15-24)17-11-20-22-21-17/h4-8,11,25H,9-10,12-15H2,1-3H3,(H,20,21,22). The molecule has 0 saturated carbocycles. The van der Waals surface area contributed by atoms with Crippen LogP contribution in [0.2, 0.25) is 0 Å². The summed E-state index contributed by atoms with van der Waals surface area (Å²) < 4.78 is 0. The van der Waals surface area contributed by atoms with E-state index in [1.54, 1.807) is 6.20 Å². The van der Waals surface area contributed by atoms with E-state index < -0.39 is 5.60 Å². The van der Waals surface area contributed by atoms with Crippen molar-refractivity contribution in [1.29, 1.82) is 0 Å². The summed E-state index contributed by atoms with van der Waals surface area (Å²) in [7, 11) is 2.17. The predicted octanol–water partition coefficient (Wildman–Crippen LogP) is 1.86. The number of benzene rings is 1. The first kappa shape index (κ1) is 18.0. The third-order valence-electron chi connectivity index (χ3n) is 4.86. The molecule has 0 spiro atoms. The third kappa shape index (κ3) is 4.66. The summed E-state index contributed by atoms with van der Waals surface area (Å²) in [5, 5.41) is 21.3. The fraction of sp³-hybridized carbons (Fsp3) is 0.579. The molecule has 2 N–H and O–H groups in total. The normalized spacial score (nSPS) is 22.0. The maximum atomic E-state index is 10.8. The second-order valence-corrected chi connectivity index (χ2v) is 8.17. The minimum absolute atomic E-state index is 0.138. The van der Waals surface area contributed by atoms with E-state index in [0.717, 1.165) is 26.2 Å². The Morgan fingerprint density at radius 3 is 2.76 bits per heavy atom. The topological polar surface area (TPSA) is 68.3 Å². The van der Waals surface area contributed by atoms with Gasteiger partial charge in [-0.1, -0.05) is 44.2 Å². The van der Waals surface area contributed by atoms with Crippen LogP contribution in [0.4, 0.5) is 0 Å². The number of likely N-dealkylation sites (tertiary alicyclic amines) is 1. The maximum absolute atomic E-state index is 10.8. The number of hydrogen-bond donors (Lipinski definition) is 2. The molecule has 0 amide bonds. The van der Waals surface area contributed by atoms with Crippen molar-refractivity contribution < 1.29 is 5.11 Å². The number of nitrogens with one attached hydrogen (secondary N) is 1. The summed E-state index contributed by atoms with van der Waals surface area (Å²) in [5.41, 5.74) is 1.24. The Morgan fingerprint density at radius 1 is 1.32 bits per heavy atom. The SMILES string of the molecule is CN(Cc1ccccc1)CC(C)(C)CN1CCC(O)(c2cn[nH]n2)C1. The summed E-state index contributed by atoms with van der Waals surface area (Å²) in [4.78, 5) is 4.71. The second-order valence-electron chi connectivity index (χ2n) is 8.17. The number of aromatic nitrogens is 3. The van der Waals surface area contributed by atoms with Gasteiger partial charge in [0.05, 0.1) is 6.20 Å². The fourth-order valence-corrected chi connectivity index (χ4v) is 3.98. The monoisotopic (exact) mass is 343 g/mol. The van der Waals surface area contributed by atoms with Crippen molar-refractivity contribution in [2.75, 3.05) is 33.2 Å². The summed E-state index contributed by atoms with van der Waals surface area (Å²) >= 11 is 0. The molecule has 2 aromatic rings. The first-order valence-electron chi connectivity index (χ1n) is 8.90. The Morgan fingerprint density at radius 2 is 2.08 bits per heavy atom. The molecule has 1 unspecified atom stereocenters. The van der Waals surface area contributed by atoms with Gasteiger partial charge in [-0.15, -0.1) is 0 Å². The van der Waals surface area contributed by atoms with Gasteiger partial charge in [0.1, 0.15) is 11.3 Å². The number of nitrogens with zero attached hydrogens (tertiary/aromatic N) is 4. The number of hydrogen-bond acceptors (Lipinski definition) is 5. The minimum atomic E-state index is -0.876. The zero-order valence-corrected chi connectivity index (χ0v) is 15.4. The molecule has 1 aliphatic heterocycles. The van der Waals surface area contributed by atoms with Gasteiger partial charge in [0.15, 0.2) is 0 Å². The van der Waals surface area contributed by atoms with E-state index >= 15 is 0 Å². The van der Waals surface area contributed by atoms with E-state index in [0.29, 0.717) is 18.7 Å². The average molecular weight is 343 g/mol. The highest BCUT2D eigenvalue weighted by Gasteiger charge is 2.41. The van der Waals surface area contributed by atoms with Gasteiger partial charge in [-0.05, 0) is 24.4 Å². The molecule has 3 rings (SSSR count). The van der Waals surface area contributed by atoms with Crippen LogP contribution in [0.5, 0.6) is 0 Å². The van der Waals surface area contributed by atoms with Crippen LogP contribution < -0.4 is 0 Å². The summed E-state index contributed by atoms with van der Waals surface area (Å²) in [6.45, 7) is 8.99. The quantitative estimate of drug-likeness (QED) is 0.803. The second kappa shape index (κ2) is 7.23. The van der Waals surface area contributed by atoms with Gasteiger partial charge in [0.25, 0.3) is 0 Å². The van der Waals surface area contributed by atoms with Gasteiger partial charge < -0.3 is 10.0 Å². The molecule has 136 valence electrons. The molecule has 1 atom stereocenters. The highest BCUT2D eigenvalue weighted by molar-refractivity contribution is 5.14. The molecule has 6 heteroatoms. The molecule has 1 aliphatic rings. The summed E-state index contributed by atoms with van der Waals surface area (Å²) in [5.74, 6) is 0. The van der Waals surface area contributed by atoms with Crippen LogP contribution >= 0.6 is 0 Å². The predicted molar refractivity (Wildman–Crippen MR) is 97.9 cm³/mol. The molecule has 0 aliphatic carbocycles. The number of aromatic amines is 1. The Balaban J connectivity index is 1.53. The zero-order valence-electron chi connectivity index (χ0n) is 15.4. The maximum Gasteiger partial charge on any atom is 0.124 e. The van der Waals surface area contributed by atoms with E-state index in [4.69, 9.17) is 0 Å². The lowest BCUT2D eigenvalue weighted by Gasteiger charge is -2.34. The molecule has 1 aromatic heterocycles. The molecule has 6 nitrogen and oxygen atoms in total. The number of aliphatic hydroxyl groups is 1. The van der Waals surface area contributed by atoms with Gasteiger partial charge in [-0.2, -0.15) is 15.4 Å². The lowest BCUT2D eigenvalue weighted by molar-refractivity contribution is 0.0354. The molecule has 1 saturated heterocycles. The fourth-order valence-electron chi connectivity index (χ4n) is 3.98. The van der Waals surface area contributed by atoms with Crippen LogP contribution in [0.3, 0.4) is 0 Å². The highest BCUT2D eigenvalue weighted by Crippen LogP contribution is 2.32. The lowest BCUT2D eigenvalue weighted by atomic mass is 9.91. The lowest BCUT2D eigenvalue weighted by Crippen LogP contribution is -2.41.